The lowest BCUT2D eigenvalue weighted by Crippen LogP contribution is -2.23. The Hall–Kier alpha value is -1.76. The number of hydrogen-bond donors (Lipinski definition) is 2. The second-order valence-electron chi connectivity index (χ2n) is 4.36. The lowest BCUT2D eigenvalue weighted by Gasteiger charge is -2.08. The van der Waals surface area contributed by atoms with Crippen molar-refractivity contribution in [2.24, 2.45) is 0 Å². The molecule has 7 heteroatoms. The largest absolute Gasteiger partial charge is 0.497 e. The van der Waals surface area contributed by atoms with Crippen LogP contribution < -0.4 is 15.2 Å². The fourth-order valence-electron chi connectivity index (χ4n) is 1.68. The van der Waals surface area contributed by atoms with E-state index in [0.717, 1.165) is 5.56 Å². The molecule has 0 aliphatic heterocycles. The topological polar surface area (TPSA) is 81.4 Å². The maximum Gasteiger partial charge on any atom is 0.240 e. The molecule has 21 heavy (non-hydrogen) atoms. The number of ether oxygens (including phenoxy) is 1. The highest BCUT2D eigenvalue weighted by Crippen LogP contribution is 2.22. The molecule has 0 saturated carbocycles. The third kappa shape index (κ3) is 3.87. The van der Waals surface area contributed by atoms with Crippen molar-refractivity contribution in [3.63, 3.8) is 0 Å². The van der Waals surface area contributed by atoms with Gasteiger partial charge in [0.25, 0.3) is 0 Å². The minimum atomic E-state index is -3.63. The third-order valence-electron chi connectivity index (χ3n) is 2.91. The van der Waals surface area contributed by atoms with Gasteiger partial charge in [-0.2, -0.15) is 0 Å². The van der Waals surface area contributed by atoms with E-state index < -0.39 is 10.0 Å². The molecule has 0 amide bonds. The van der Waals surface area contributed by atoms with Gasteiger partial charge in [-0.25, -0.2) is 13.1 Å². The predicted octanol–water partition coefficient (Wildman–Crippen LogP) is 2.41. The lowest BCUT2D eigenvalue weighted by atomic mass is 10.2. The number of nitrogens with two attached hydrogens (primary N) is 1. The first-order chi connectivity index (χ1) is 9.92. The van der Waals surface area contributed by atoms with Crippen molar-refractivity contribution in [2.45, 2.75) is 11.4 Å². The number of hydrogen-bond acceptors (Lipinski definition) is 4. The van der Waals surface area contributed by atoms with Gasteiger partial charge in [0, 0.05) is 6.54 Å². The summed E-state index contributed by atoms with van der Waals surface area (Å²) in [6.45, 7) is 0.175. The number of sulfonamides is 1. The molecule has 2 rings (SSSR count). The monoisotopic (exact) mass is 326 g/mol. The van der Waals surface area contributed by atoms with Gasteiger partial charge >= 0.3 is 0 Å². The van der Waals surface area contributed by atoms with Crippen molar-refractivity contribution in [1.82, 2.24) is 4.72 Å². The maximum absolute atomic E-state index is 12.2. The summed E-state index contributed by atoms with van der Waals surface area (Å²) < 4.78 is 31.9. The molecule has 0 aromatic heterocycles. The van der Waals surface area contributed by atoms with E-state index in [0.29, 0.717) is 11.4 Å². The third-order valence-corrected chi connectivity index (χ3v) is 4.63. The van der Waals surface area contributed by atoms with Gasteiger partial charge < -0.3 is 10.5 Å². The molecular formula is C14H15ClN2O3S. The van der Waals surface area contributed by atoms with Crippen molar-refractivity contribution < 1.29 is 13.2 Å². The summed E-state index contributed by atoms with van der Waals surface area (Å²) in [5.41, 5.74) is 6.72. The minimum Gasteiger partial charge on any atom is -0.497 e. The summed E-state index contributed by atoms with van der Waals surface area (Å²) in [6, 6.07) is 11.3. The fraction of sp³-hybridized carbons (Fsp3) is 0.143. The Balaban J connectivity index is 2.11. The van der Waals surface area contributed by atoms with E-state index in [2.05, 4.69) is 4.72 Å². The molecule has 3 N–H and O–H groups in total. The van der Waals surface area contributed by atoms with Crippen LogP contribution in [0.4, 0.5) is 5.69 Å². The zero-order valence-corrected chi connectivity index (χ0v) is 12.9. The number of nitrogen functional groups attached to an aromatic ring is 1. The van der Waals surface area contributed by atoms with Crippen LogP contribution >= 0.6 is 11.6 Å². The molecule has 0 unspecified atom stereocenters. The summed E-state index contributed by atoms with van der Waals surface area (Å²) in [5, 5.41) is 0.210. The zero-order chi connectivity index (χ0) is 15.5. The molecule has 0 bridgehead atoms. The number of rotatable bonds is 5. The van der Waals surface area contributed by atoms with E-state index in [-0.39, 0.29) is 16.5 Å². The Bertz CT molecular complexity index is 730. The number of benzene rings is 2. The van der Waals surface area contributed by atoms with Crippen molar-refractivity contribution >= 4 is 27.3 Å². The first-order valence-electron chi connectivity index (χ1n) is 6.10. The van der Waals surface area contributed by atoms with E-state index in [1.54, 1.807) is 31.4 Å². The molecule has 0 saturated heterocycles. The minimum absolute atomic E-state index is 0.0789. The molecule has 0 heterocycles. The van der Waals surface area contributed by atoms with E-state index in [9.17, 15) is 8.42 Å². The van der Waals surface area contributed by atoms with Gasteiger partial charge in [-0.05, 0) is 35.9 Å². The van der Waals surface area contributed by atoms with E-state index in [1.807, 2.05) is 0 Å². The van der Waals surface area contributed by atoms with Crippen LogP contribution in [-0.4, -0.2) is 15.5 Å². The number of anilines is 1. The van der Waals surface area contributed by atoms with Gasteiger partial charge in [-0.3, -0.25) is 0 Å². The van der Waals surface area contributed by atoms with Crippen LogP contribution in [0.2, 0.25) is 5.02 Å². The summed E-state index contributed by atoms with van der Waals surface area (Å²) >= 11 is 5.84. The second-order valence-corrected chi connectivity index (χ2v) is 6.53. The summed E-state index contributed by atoms with van der Waals surface area (Å²) in [4.78, 5) is 0.0789. The SMILES string of the molecule is COc1ccc(CNS(=O)(=O)c2ccc(N)c(Cl)c2)cc1. The molecule has 0 spiro atoms. The Morgan fingerprint density at radius 3 is 2.43 bits per heavy atom. The highest BCUT2D eigenvalue weighted by Gasteiger charge is 2.14. The number of methoxy groups -OCH3 is 1. The Kier molecular flexibility index (Phi) is 4.72. The first kappa shape index (κ1) is 15.6. The standard InChI is InChI=1S/C14H15ClN2O3S/c1-20-11-4-2-10(3-5-11)9-17-21(18,19)12-6-7-14(16)13(15)8-12/h2-8,17H,9,16H2,1H3. The first-order valence-corrected chi connectivity index (χ1v) is 7.96. The summed E-state index contributed by atoms with van der Waals surface area (Å²) in [5.74, 6) is 0.715. The average molecular weight is 327 g/mol. The quantitative estimate of drug-likeness (QED) is 0.827. The van der Waals surface area contributed by atoms with Crippen LogP contribution in [0.3, 0.4) is 0 Å². The van der Waals surface area contributed by atoms with Crippen LogP contribution in [0.15, 0.2) is 47.4 Å². The van der Waals surface area contributed by atoms with Gasteiger partial charge in [0.15, 0.2) is 0 Å². The average Bonchev–Trinajstić information content (AvgIpc) is 2.48. The fourth-order valence-corrected chi connectivity index (χ4v) is 2.97. The summed E-state index contributed by atoms with van der Waals surface area (Å²) in [7, 11) is -2.06. The van der Waals surface area contributed by atoms with Gasteiger partial charge in [0.2, 0.25) is 10.0 Å². The molecule has 0 radical (unpaired) electrons. The smallest absolute Gasteiger partial charge is 0.240 e. The molecule has 5 nitrogen and oxygen atoms in total. The van der Waals surface area contributed by atoms with Crippen LogP contribution in [0.25, 0.3) is 0 Å². The van der Waals surface area contributed by atoms with E-state index in [1.165, 1.54) is 18.2 Å². The van der Waals surface area contributed by atoms with Crippen LogP contribution in [0, 0.1) is 0 Å². The number of halogens is 1. The van der Waals surface area contributed by atoms with Crippen molar-refractivity contribution in [2.75, 3.05) is 12.8 Å². The number of nitrogens with one attached hydrogen (secondary N) is 1. The highest BCUT2D eigenvalue weighted by molar-refractivity contribution is 7.89. The van der Waals surface area contributed by atoms with Gasteiger partial charge in [0.1, 0.15) is 5.75 Å². The molecular weight excluding hydrogens is 312 g/mol. The normalized spacial score (nSPS) is 11.3. The Morgan fingerprint density at radius 1 is 1.19 bits per heavy atom. The maximum atomic E-state index is 12.2. The lowest BCUT2D eigenvalue weighted by molar-refractivity contribution is 0.414. The van der Waals surface area contributed by atoms with Gasteiger partial charge in [-0.1, -0.05) is 23.7 Å². The van der Waals surface area contributed by atoms with Crippen molar-refractivity contribution in [3.8, 4) is 5.75 Å². The Morgan fingerprint density at radius 2 is 1.86 bits per heavy atom. The van der Waals surface area contributed by atoms with Crippen molar-refractivity contribution in [1.29, 1.82) is 0 Å². The molecule has 0 atom stereocenters. The molecule has 0 aliphatic rings. The van der Waals surface area contributed by atoms with Crippen molar-refractivity contribution in [3.05, 3.63) is 53.1 Å². The molecule has 2 aromatic carbocycles. The van der Waals surface area contributed by atoms with E-state index >= 15 is 0 Å². The van der Waals surface area contributed by atoms with Crippen LogP contribution in [0.5, 0.6) is 5.75 Å². The molecule has 112 valence electrons. The molecule has 2 aromatic rings. The van der Waals surface area contributed by atoms with Crippen LogP contribution in [0.1, 0.15) is 5.56 Å². The Labute approximate surface area is 128 Å². The zero-order valence-electron chi connectivity index (χ0n) is 11.3. The summed E-state index contributed by atoms with van der Waals surface area (Å²) in [6.07, 6.45) is 0. The highest BCUT2D eigenvalue weighted by atomic mass is 35.5. The van der Waals surface area contributed by atoms with Gasteiger partial charge in [0.05, 0.1) is 22.7 Å². The predicted molar refractivity (Wildman–Crippen MR) is 82.9 cm³/mol. The molecule has 0 aliphatic carbocycles. The van der Waals surface area contributed by atoms with Gasteiger partial charge in [-0.15, -0.1) is 0 Å². The van der Waals surface area contributed by atoms with Crippen LogP contribution in [-0.2, 0) is 16.6 Å². The van der Waals surface area contributed by atoms with E-state index in [4.69, 9.17) is 22.1 Å². The second kappa shape index (κ2) is 6.34. The molecule has 0 fully saturated rings.